The summed E-state index contributed by atoms with van der Waals surface area (Å²) in [6.45, 7) is 11.7. The number of amides is 1. The molecule has 0 radical (unpaired) electrons. The van der Waals surface area contributed by atoms with Gasteiger partial charge in [0.15, 0.2) is 0 Å². The molecule has 0 atom stereocenters. The number of benzene rings is 2. The first-order chi connectivity index (χ1) is 13.8. The molecule has 0 fully saturated rings. The first kappa shape index (κ1) is 21.6. The monoisotopic (exact) mass is 392 g/mol. The Morgan fingerprint density at radius 1 is 0.897 bits per heavy atom. The van der Waals surface area contributed by atoms with Crippen molar-refractivity contribution in [2.45, 2.75) is 77.3 Å². The fourth-order valence-electron chi connectivity index (χ4n) is 4.49. The van der Waals surface area contributed by atoms with E-state index in [9.17, 15) is 4.79 Å². The molecule has 0 unspecified atom stereocenters. The van der Waals surface area contributed by atoms with Crippen LogP contribution in [0.5, 0.6) is 0 Å². The van der Waals surface area contributed by atoms with E-state index < -0.39 is 5.41 Å². The van der Waals surface area contributed by atoms with Crippen molar-refractivity contribution in [2.75, 3.05) is 6.54 Å². The fourth-order valence-corrected chi connectivity index (χ4v) is 4.49. The highest BCUT2D eigenvalue weighted by molar-refractivity contribution is 6.00. The molecule has 3 nitrogen and oxygen atoms in total. The lowest BCUT2D eigenvalue weighted by Crippen LogP contribution is -2.46. The summed E-state index contributed by atoms with van der Waals surface area (Å²) in [6.07, 6.45) is 4.11. The maximum atomic E-state index is 13.6. The lowest BCUT2D eigenvalue weighted by atomic mass is 9.73. The van der Waals surface area contributed by atoms with E-state index >= 15 is 0 Å². The second-order valence-electron chi connectivity index (χ2n) is 9.61. The number of carbonyl (C=O) groups is 1. The average Bonchev–Trinajstić information content (AvgIpc) is 2.95. The molecule has 3 rings (SSSR count). The minimum atomic E-state index is -0.588. The Balaban J connectivity index is 1.87. The van der Waals surface area contributed by atoms with E-state index in [2.05, 4.69) is 79.9 Å². The van der Waals surface area contributed by atoms with Gasteiger partial charge in [-0.25, -0.2) is 0 Å². The average molecular weight is 393 g/mol. The molecule has 0 aliphatic heterocycles. The maximum Gasteiger partial charge on any atom is 0.235 e. The summed E-state index contributed by atoms with van der Waals surface area (Å²) in [5.74, 6) is 0.137. The van der Waals surface area contributed by atoms with Gasteiger partial charge in [0.25, 0.3) is 0 Å². The van der Waals surface area contributed by atoms with Crippen LogP contribution in [0.1, 0.15) is 71.4 Å². The Morgan fingerprint density at radius 3 is 1.97 bits per heavy atom. The second-order valence-corrected chi connectivity index (χ2v) is 9.61. The first-order valence-corrected chi connectivity index (χ1v) is 11.0. The van der Waals surface area contributed by atoms with E-state index in [1.807, 2.05) is 13.8 Å². The van der Waals surface area contributed by atoms with Crippen molar-refractivity contribution >= 4 is 5.91 Å². The molecule has 156 valence electrons. The Kier molecular flexibility index (Phi) is 6.48. The lowest BCUT2D eigenvalue weighted by molar-refractivity contribution is -0.126. The van der Waals surface area contributed by atoms with Crippen LogP contribution in [0.2, 0.25) is 0 Å². The highest BCUT2D eigenvalue weighted by atomic mass is 16.2. The van der Waals surface area contributed by atoms with Crippen LogP contribution in [-0.4, -0.2) is 24.0 Å². The van der Waals surface area contributed by atoms with Crippen molar-refractivity contribution < 1.29 is 4.79 Å². The van der Waals surface area contributed by atoms with Crippen LogP contribution >= 0.6 is 0 Å². The number of rotatable bonds is 8. The molecule has 0 aromatic heterocycles. The zero-order valence-electron chi connectivity index (χ0n) is 18.6. The standard InChI is InChI=1S/C26H36N2O/c1-19(2)28-24(29)26(17-11-6-12-18-27-25(3,4)5)22-15-9-7-13-20(22)21-14-8-10-16-23(21)26/h7-10,13-16,19,27H,6,11-12,17-18H2,1-5H3,(H,28,29). The van der Waals surface area contributed by atoms with Gasteiger partial charge in [0.1, 0.15) is 5.41 Å². The largest absolute Gasteiger partial charge is 0.353 e. The quantitative estimate of drug-likeness (QED) is 0.589. The van der Waals surface area contributed by atoms with Crippen LogP contribution in [0.4, 0.5) is 0 Å². The molecule has 0 heterocycles. The molecule has 2 aromatic carbocycles. The zero-order valence-corrected chi connectivity index (χ0v) is 18.6. The van der Waals surface area contributed by atoms with Crippen molar-refractivity contribution in [1.82, 2.24) is 10.6 Å². The summed E-state index contributed by atoms with van der Waals surface area (Å²) in [5.41, 5.74) is 4.29. The second kappa shape index (κ2) is 8.71. The Morgan fingerprint density at radius 2 is 1.45 bits per heavy atom. The molecular weight excluding hydrogens is 356 g/mol. The van der Waals surface area contributed by atoms with Crippen molar-refractivity contribution in [3.05, 3.63) is 59.7 Å². The van der Waals surface area contributed by atoms with Gasteiger partial charge >= 0.3 is 0 Å². The molecular formula is C26H36N2O. The van der Waals surface area contributed by atoms with Crippen LogP contribution in [0.3, 0.4) is 0 Å². The summed E-state index contributed by atoms with van der Waals surface area (Å²) >= 11 is 0. The van der Waals surface area contributed by atoms with Crippen molar-refractivity contribution in [2.24, 2.45) is 0 Å². The van der Waals surface area contributed by atoms with Crippen molar-refractivity contribution in [3.63, 3.8) is 0 Å². The van der Waals surface area contributed by atoms with E-state index in [4.69, 9.17) is 0 Å². The maximum absolute atomic E-state index is 13.6. The summed E-state index contributed by atoms with van der Waals surface area (Å²) in [7, 11) is 0. The number of hydrogen-bond donors (Lipinski definition) is 2. The van der Waals surface area contributed by atoms with Crippen LogP contribution in [0, 0.1) is 0 Å². The van der Waals surface area contributed by atoms with Gasteiger partial charge in [0, 0.05) is 11.6 Å². The molecule has 0 saturated carbocycles. The number of hydrogen-bond acceptors (Lipinski definition) is 2. The molecule has 1 aliphatic rings. The highest BCUT2D eigenvalue weighted by Gasteiger charge is 2.48. The summed E-state index contributed by atoms with van der Waals surface area (Å²) in [5, 5.41) is 6.79. The van der Waals surface area contributed by atoms with E-state index in [0.29, 0.717) is 0 Å². The first-order valence-electron chi connectivity index (χ1n) is 11.0. The molecule has 1 aliphatic carbocycles. The van der Waals surface area contributed by atoms with Gasteiger partial charge in [0.05, 0.1) is 0 Å². The minimum Gasteiger partial charge on any atom is -0.353 e. The van der Waals surface area contributed by atoms with Crippen molar-refractivity contribution in [1.29, 1.82) is 0 Å². The fraction of sp³-hybridized carbons (Fsp3) is 0.500. The Bertz CT molecular complexity index is 802. The van der Waals surface area contributed by atoms with Gasteiger partial charge in [-0.2, -0.15) is 0 Å². The summed E-state index contributed by atoms with van der Waals surface area (Å²) in [6, 6.07) is 17.0. The number of carbonyl (C=O) groups excluding carboxylic acids is 1. The van der Waals surface area contributed by atoms with Crippen LogP contribution < -0.4 is 10.6 Å². The number of nitrogens with one attached hydrogen (secondary N) is 2. The van der Waals surface area contributed by atoms with Gasteiger partial charge in [-0.1, -0.05) is 61.4 Å². The van der Waals surface area contributed by atoms with Gasteiger partial charge in [-0.15, -0.1) is 0 Å². The van der Waals surface area contributed by atoms with E-state index in [1.54, 1.807) is 0 Å². The molecule has 0 saturated heterocycles. The summed E-state index contributed by atoms with van der Waals surface area (Å²) in [4.78, 5) is 13.6. The molecule has 1 amide bonds. The number of unbranched alkanes of at least 4 members (excludes halogenated alkanes) is 2. The van der Waals surface area contributed by atoms with Crippen LogP contribution in [0.25, 0.3) is 11.1 Å². The van der Waals surface area contributed by atoms with Gasteiger partial charge in [-0.3, -0.25) is 4.79 Å². The SMILES string of the molecule is CC(C)NC(=O)C1(CCCCCNC(C)(C)C)c2ccccc2-c2ccccc21. The molecule has 2 aromatic rings. The predicted molar refractivity (Wildman–Crippen MR) is 122 cm³/mol. The minimum absolute atomic E-state index is 0.121. The molecule has 3 heteroatoms. The van der Waals surface area contributed by atoms with Crippen LogP contribution in [-0.2, 0) is 10.2 Å². The Labute approximate surface area is 176 Å². The van der Waals surface area contributed by atoms with Gasteiger partial charge in [-0.05, 0) is 76.3 Å². The van der Waals surface area contributed by atoms with E-state index in [-0.39, 0.29) is 17.5 Å². The number of fused-ring (bicyclic) bond motifs is 3. The summed E-state index contributed by atoms with van der Waals surface area (Å²) < 4.78 is 0. The smallest absolute Gasteiger partial charge is 0.235 e. The normalized spacial score (nSPS) is 14.6. The third kappa shape index (κ3) is 4.56. The molecule has 29 heavy (non-hydrogen) atoms. The third-order valence-corrected chi connectivity index (χ3v) is 5.76. The lowest BCUT2D eigenvalue weighted by Gasteiger charge is -2.32. The highest BCUT2D eigenvalue weighted by Crippen LogP contribution is 2.51. The van der Waals surface area contributed by atoms with Crippen LogP contribution in [0.15, 0.2) is 48.5 Å². The van der Waals surface area contributed by atoms with Gasteiger partial charge in [0.2, 0.25) is 5.91 Å². The predicted octanol–water partition coefficient (Wildman–Crippen LogP) is 5.43. The van der Waals surface area contributed by atoms with Gasteiger partial charge < -0.3 is 10.6 Å². The molecule has 2 N–H and O–H groups in total. The van der Waals surface area contributed by atoms with E-state index in [0.717, 1.165) is 43.4 Å². The zero-order chi connectivity index (χ0) is 21.1. The van der Waals surface area contributed by atoms with E-state index in [1.165, 1.54) is 11.1 Å². The molecule has 0 bridgehead atoms. The Hall–Kier alpha value is -2.13. The molecule has 0 spiro atoms. The topological polar surface area (TPSA) is 41.1 Å². The third-order valence-electron chi connectivity index (χ3n) is 5.76. The van der Waals surface area contributed by atoms with Crippen molar-refractivity contribution in [3.8, 4) is 11.1 Å².